The van der Waals surface area contributed by atoms with Crippen LogP contribution in [0, 0.1) is 5.82 Å². The Morgan fingerprint density at radius 1 is 1.16 bits per heavy atom. The van der Waals surface area contributed by atoms with Crippen LogP contribution in [0.5, 0.6) is 11.5 Å². The summed E-state index contributed by atoms with van der Waals surface area (Å²) < 4.78 is 23.9. The first-order valence-corrected chi connectivity index (χ1v) is 7.95. The number of ether oxygens (including phenoxy) is 2. The zero-order valence-electron chi connectivity index (χ0n) is 14.7. The van der Waals surface area contributed by atoms with Gasteiger partial charge in [-0.3, -0.25) is 4.79 Å². The molecule has 1 amide bonds. The van der Waals surface area contributed by atoms with Gasteiger partial charge in [-0.05, 0) is 56.1 Å². The van der Waals surface area contributed by atoms with Crippen molar-refractivity contribution in [3.63, 3.8) is 0 Å². The maximum atomic E-state index is 13.4. The van der Waals surface area contributed by atoms with Crippen LogP contribution in [0.25, 0.3) is 0 Å². The number of amides is 1. The number of halogens is 1. The van der Waals surface area contributed by atoms with Crippen molar-refractivity contribution in [2.75, 3.05) is 34.4 Å². The van der Waals surface area contributed by atoms with Crippen molar-refractivity contribution in [3.8, 4) is 11.5 Å². The predicted octanol–water partition coefficient (Wildman–Crippen LogP) is 2.63. The van der Waals surface area contributed by atoms with E-state index in [0.717, 1.165) is 11.3 Å². The Labute approximate surface area is 147 Å². The summed E-state index contributed by atoms with van der Waals surface area (Å²) in [5.41, 5.74) is 0.807. The van der Waals surface area contributed by atoms with Gasteiger partial charge in [0.05, 0.1) is 13.2 Å². The second-order valence-electron chi connectivity index (χ2n) is 5.80. The second kappa shape index (κ2) is 9.03. The molecule has 134 valence electrons. The lowest BCUT2D eigenvalue weighted by atomic mass is 10.1. The molecule has 0 radical (unpaired) electrons. The first kappa shape index (κ1) is 18.7. The molecule has 6 heteroatoms. The van der Waals surface area contributed by atoms with Crippen LogP contribution in [0.15, 0.2) is 48.5 Å². The molecule has 2 aromatic carbocycles. The molecule has 0 fully saturated rings. The zero-order chi connectivity index (χ0) is 18.2. The minimum Gasteiger partial charge on any atom is -0.497 e. The fourth-order valence-electron chi connectivity index (χ4n) is 2.39. The Morgan fingerprint density at radius 2 is 1.84 bits per heavy atom. The van der Waals surface area contributed by atoms with Crippen LogP contribution in [-0.2, 0) is 4.79 Å². The summed E-state index contributed by atoms with van der Waals surface area (Å²) in [6.07, 6.45) is 0. The summed E-state index contributed by atoms with van der Waals surface area (Å²) in [7, 11) is 5.36. The smallest absolute Gasteiger partial charge is 0.258 e. The average molecular weight is 346 g/mol. The van der Waals surface area contributed by atoms with Gasteiger partial charge in [0.1, 0.15) is 17.3 Å². The van der Waals surface area contributed by atoms with Crippen LogP contribution < -0.4 is 14.8 Å². The highest BCUT2D eigenvalue weighted by Gasteiger charge is 2.16. The summed E-state index contributed by atoms with van der Waals surface area (Å²) >= 11 is 0. The maximum Gasteiger partial charge on any atom is 0.258 e. The van der Waals surface area contributed by atoms with Crippen LogP contribution in [-0.4, -0.2) is 45.2 Å². The summed E-state index contributed by atoms with van der Waals surface area (Å²) in [4.78, 5) is 13.9. The molecule has 2 aromatic rings. The Balaban J connectivity index is 1.86. The third-order valence-electron chi connectivity index (χ3n) is 3.78. The van der Waals surface area contributed by atoms with Crippen LogP contribution >= 0.6 is 0 Å². The Hall–Kier alpha value is -2.60. The summed E-state index contributed by atoms with van der Waals surface area (Å²) in [5.74, 6) is 0.781. The number of likely N-dealkylation sites (N-methyl/N-ethyl adjacent to an activating group) is 1. The molecular formula is C19H23FN2O3. The minimum absolute atomic E-state index is 0.0877. The number of carbonyl (C=O) groups excluding carboxylic acids is 1. The first-order chi connectivity index (χ1) is 12.0. The number of nitrogens with zero attached hydrogens (tertiary/aromatic N) is 1. The lowest BCUT2D eigenvalue weighted by molar-refractivity contribution is -0.123. The standard InChI is InChI=1S/C19H23FN2O3/c1-22(2)18(14-5-4-6-15(20)11-14)12-21-19(23)13-25-17-9-7-16(24-3)8-10-17/h4-11,18H,12-13H2,1-3H3,(H,21,23). The molecule has 2 rings (SSSR count). The molecule has 5 nitrogen and oxygen atoms in total. The fourth-order valence-corrected chi connectivity index (χ4v) is 2.39. The number of rotatable bonds is 8. The maximum absolute atomic E-state index is 13.4. The van der Waals surface area contributed by atoms with E-state index < -0.39 is 0 Å². The van der Waals surface area contributed by atoms with E-state index in [1.165, 1.54) is 12.1 Å². The molecule has 1 atom stereocenters. The third-order valence-corrected chi connectivity index (χ3v) is 3.78. The molecule has 25 heavy (non-hydrogen) atoms. The van der Waals surface area contributed by atoms with E-state index in [1.807, 2.05) is 25.1 Å². The van der Waals surface area contributed by atoms with Crippen molar-refractivity contribution < 1.29 is 18.7 Å². The van der Waals surface area contributed by atoms with E-state index in [9.17, 15) is 9.18 Å². The van der Waals surface area contributed by atoms with E-state index >= 15 is 0 Å². The summed E-state index contributed by atoms with van der Waals surface area (Å²) in [5, 5.41) is 2.82. The topological polar surface area (TPSA) is 50.8 Å². The first-order valence-electron chi connectivity index (χ1n) is 7.95. The van der Waals surface area contributed by atoms with Gasteiger partial charge in [0, 0.05) is 6.54 Å². The highest BCUT2D eigenvalue weighted by Crippen LogP contribution is 2.19. The molecule has 1 N–H and O–H groups in total. The molecule has 0 aromatic heterocycles. The van der Waals surface area contributed by atoms with Crippen molar-refractivity contribution in [1.29, 1.82) is 0 Å². The number of methoxy groups -OCH3 is 1. The number of benzene rings is 2. The van der Waals surface area contributed by atoms with E-state index in [4.69, 9.17) is 9.47 Å². The van der Waals surface area contributed by atoms with Gasteiger partial charge in [0.2, 0.25) is 0 Å². The van der Waals surface area contributed by atoms with E-state index in [2.05, 4.69) is 5.32 Å². The quantitative estimate of drug-likeness (QED) is 0.798. The van der Waals surface area contributed by atoms with Gasteiger partial charge in [0.15, 0.2) is 6.61 Å². The predicted molar refractivity (Wildman–Crippen MR) is 94.3 cm³/mol. The van der Waals surface area contributed by atoms with Crippen molar-refractivity contribution in [3.05, 3.63) is 59.9 Å². The molecule has 0 saturated heterocycles. The highest BCUT2D eigenvalue weighted by molar-refractivity contribution is 5.77. The van der Waals surface area contributed by atoms with Crippen LogP contribution in [0.2, 0.25) is 0 Å². The molecule has 0 aliphatic rings. The van der Waals surface area contributed by atoms with Crippen molar-refractivity contribution >= 4 is 5.91 Å². The summed E-state index contributed by atoms with van der Waals surface area (Å²) in [6, 6.07) is 13.3. The monoisotopic (exact) mass is 346 g/mol. The van der Waals surface area contributed by atoms with Gasteiger partial charge in [-0.2, -0.15) is 0 Å². The molecule has 0 saturated carbocycles. The highest BCUT2D eigenvalue weighted by atomic mass is 19.1. The van der Waals surface area contributed by atoms with Gasteiger partial charge < -0.3 is 19.7 Å². The average Bonchev–Trinajstić information content (AvgIpc) is 2.60. The van der Waals surface area contributed by atoms with Gasteiger partial charge in [-0.1, -0.05) is 12.1 Å². The number of carbonyl (C=O) groups is 1. The van der Waals surface area contributed by atoms with Crippen molar-refractivity contribution in [1.82, 2.24) is 10.2 Å². The number of hydrogen-bond acceptors (Lipinski definition) is 4. The molecule has 0 bridgehead atoms. The second-order valence-corrected chi connectivity index (χ2v) is 5.80. The van der Waals surface area contributed by atoms with Crippen LogP contribution in [0.3, 0.4) is 0 Å². The Kier molecular flexibility index (Phi) is 6.77. The van der Waals surface area contributed by atoms with Crippen molar-refractivity contribution in [2.24, 2.45) is 0 Å². The number of nitrogens with one attached hydrogen (secondary N) is 1. The molecule has 0 spiro atoms. The largest absolute Gasteiger partial charge is 0.497 e. The molecule has 0 aliphatic heterocycles. The van der Waals surface area contributed by atoms with Gasteiger partial charge >= 0.3 is 0 Å². The number of hydrogen-bond donors (Lipinski definition) is 1. The Bertz CT molecular complexity index is 689. The fraction of sp³-hybridized carbons (Fsp3) is 0.316. The van der Waals surface area contributed by atoms with E-state index in [1.54, 1.807) is 37.4 Å². The normalized spacial score (nSPS) is 11.9. The van der Waals surface area contributed by atoms with Crippen LogP contribution in [0.4, 0.5) is 4.39 Å². The van der Waals surface area contributed by atoms with Crippen LogP contribution in [0.1, 0.15) is 11.6 Å². The van der Waals surface area contributed by atoms with Crippen molar-refractivity contribution in [2.45, 2.75) is 6.04 Å². The lowest BCUT2D eigenvalue weighted by Gasteiger charge is -2.25. The lowest BCUT2D eigenvalue weighted by Crippen LogP contribution is -2.36. The molecule has 0 aliphatic carbocycles. The van der Waals surface area contributed by atoms with Gasteiger partial charge in [-0.25, -0.2) is 4.39 Å². The molecular weight excluding hydrogens is 323 g/mol. The SMILES string of the molecule is COc1ccc(OCC(=O)NCC(c2cccc(F)c2)N(C)C)cc1. The molecule has 0 heterocycles. The zero-order valence-corrected chi connectivity index (χ0v) is 14.7. The molecule has 1 unspecified atom stereocenters. The minimum atomic E-state index is -0.293. The van der Waals surface area contributed by atoms with Gasteiger partial charge in [0.25, 0.3) is 5.91 Å². The third kappa shape index (κ3) is 5.76. The Morgan fingerprint density at radius 3 is 2.44 bits per heavy atom. The van der Waals surface area contributed by atoms with Gasteiger partial charge in [-0.15, -0.1) is 0 Å². The summed E-state index contributed by atoms with van der Waals surface area (Å²) in [6.45, 7) is 0.275. The van der Waals surface area contributed by atoms with E-state index in [-0.39, 0.29) is 24.4 Å². The van der Waals surface area contributed by atoms with E-state index in [0.29, 0.717) is 12.3 Å².